The van der Waals surface area contributed by atoms with Crippen LogP contribution in [0.25, 0.3) is 11.2 Å². The molecule has 0 aliphatic heterocycles. The summed E-state index contributed by atoms with van der Waals surface area (Å²) in [5.74, 6) is -0.471. The first-order valence-corrected chi connectivity index (χ1v) is 8.55. The van der Waals surface area contributed by atoms with E-state index in [-0.39, 0.29) is 23.6 Å². The van der Waals surface area contributed by atoms with Crippen molar-refractivity contribution >= 4 is 23.1 Å². The quantitative estimate of drug-likeness (QED) is 0.566. The molecule has 3 aromatic rings. The molecule has 3 N–H and O–H groups in total. The van der Waals surface area contributed by atoms with Gasteiger partial charge in [0.05, 0.1) is 0 Å². The number of H-pyrrole nitrogens is 1. The molecule has 0 bridgehead atoms. The Bertz CT molecular complexity index is 1080. The number of rotatable bonds is 7. The van der Waals surface area contributed by atoms with Crippen molar-refractivity contribution in [2.24, 2.45) is 14.1 Å². The van der Waals surface area contributed by atoms with Crippen molar-refractivity contribution in [3.63, 3.8) is 0 Å². The molecule has 0 spiro atoms. The lowest BCUT2D eigenvalue weighted by molar-refractivity contribution is -0.137. The Hall–Kier alpha value is -3.36. The van der Waals surface area contributed by atoms with E-state index < -0.39 is 17.2 Å². The Balaban J connectivity index is 1.95. The molecule has 142 valence electrons. The average Bonchev–Trinajstić information content (AvgIpc) is 2.95. The van der Waals surface area contributed by atoms with Crippen LogP contribution in [0.2, 0.25) is 0 Å². The van der Waals surface area contributed by atoms with Crippen molar-refractivity contribution in [3.05, 3.63) is 56.7 Å². The fourth-order valence-corrected chi connectivity index (χ4v) is 3.04. The Kier molecular flexibility index (Phi) is 5.11. The summed E-state index contributed by atoms with van der Waals surface area (Å²) < 4.78 is 2.84. The van der Waals surface area contributed by atoms with Gasteiger partial charge >= 0.3 is 11.7 Å². The molecule has 0 saturated carbocycles. The molecule has 3 rings (SSSR count). The first-order valence-electron chi connectivity index (χ1n) is 8.55. The van der Waals surface area contributed by atoms with Crippen LogP contribution in [0.4, 0.5) is 5.95 Å². The molecule has 2 aromatic heterocycles. The Morgan fingerprint density at radius 2 is 1.93 bits per heavy atom. The summed E-state index contributed by atoms with van der Waals surface area (Å²) in [6.45, 7) is 0. The topological polar surface area (TPSA) is 122 Å². The van der Waals surface area contributed by atoms with E-state index in [1.165, 1.54) is 11.6 Å². The van der Waals surface area contributed by atoms with Crippen molar-refractivity contribution in [2.45, 2.75) is 25.3 Å². The predicted molar refractivity (Wildman–Crippen MR) is 101 cm³/mol. The van der Waals surface area contributed by atoms with Crippen LogP contribution in [0.1, 0.15) is 18.4 Å². The lowest BCUT2D eigenvalue weighted by Gasteiger charge is -2.19. The maximum absolute atomic E-state index is 12.1. The Labute approximate surface area is 154 Å². The summed E-state index contributed by atoms with van der Waals surface area (Å²) in [5.41, 5.74) is 0.552. The number of aryl methyl sites for hydroxylation is 2. The minimum absolute atomic E-state index is 0.00745. The van der Waals surface area contributed by atoms with Gasteiger partial charge in [0.15, 0.2) is 11.2 Å². The third-order valence-electron chi connectivity index (χ3n) is 4.50. The van der Waals surface area contributed by atoms with Crippen molar-refractivity contribution in [2.75, 3.05) is 5.32 Å². The number of nitrogens with one attached hydrogen (secondary N) is 2. The largest absolute Gasteiger partial charge is 0.481 e. The van der Waals surface area contributed by atoms with E-state index in [0.717, 1.165) is 5.56 Å². The third-order valence-corrected chi connectivity index (χ3v) is 4.50. The van der Waals surface area contributed by atoms with E-state index in [9.17, 15) is 14.4 Å². The van der Waals surface area contributed by atoms with E-state index in [0.29, 0.717) is 18.8 Å². The lowest BCUT2D eigenvalue weighted by atomic mass is 10.0. The summed E-state index contributed by atoms with van der Waals surface area (Å²) >= 11 is 0. The third kappa shape index (κ3) is 3.91. The number of carboxylic acid groups (broad SMARTS) is 1. The number of aromatic amines is 1. The number of anilines is 1. The minimum atomic E-state index is -0.876. The molecule has 9 nitrogen and oxygen atoms in total. The van der Waals surface area contributed by atoms with Gasteiger partial charge in [0, 0.05) is 26.6 Å². The standard InChI is InChI=1S/C18H21N5O4/c1-22-14-15(23(2)18(27)21-16(14)26)20-17(22)19-12(8-9-13(24)25)10-11-6-4-3-5-7-11/h3-7,12H,8-10H2,1-2H3,(H,19,20)(H,24,25)(H,21,26,27). The second kappa shape index (κ2) is 7.48. The normalized spacial score (nSPS) is 12.2. The van der Waals surface area contributed by atoms with Gasteiger partial charge in [-0.25, -0.2) is 4.79 Å². The van der Waals surface area contributed by atoms with Crippen LogP contribution >= 0.6 is 0 Å². The SMILES string of the molecule is Cn1c(NC(CCC(=O)O)Cc2ccccc2)nc2c1c(=O)[nH]c(=O)n2C. The first-order chi connectivity index (χ1) is 12.9. The fourth-order valence-electron chi connectivity index (χ4n) is 3.04. The van der Waals surface area contributed by atoms with Crippen LogP contribution in [-0.4, -0.2) is 36.2 Å². The second-order valence-corrected chi connectivity index (χ2v) is 6.45. The number of carbonyl (C=O) groups is 1. The van der Waals surface area contributed by atoms with Gasteiger partial charge in [0.25, 0.3) is 5.56 Å². The van der Waals surface area contributed by atoms with Gasteiger partial charge in [-0.1, -0.05) is 30.3 Å². The Morgan fingerprint density at radius 3 is 2.59 bits per heavy atom. The molecule has 0 aliphatic rings. The second-order valence-electron chi connectivity index (χ2n) is 6.45. The summed E-state index contributed by atoms with van der Waals surface area (Å²) in [7, 11) is 3.21. The molecule has 2 heterocycles. The van der Waals surface area contributed by atoms with Crippen LogP contribution in [0.3, 0.4) is 0 Å². The maximum Gasteiger partial charge on any atom is 0.329 e. The number of benzene rings is 1. The molecule has 0 amide bonds. The zero-order valence-corrected chi connectivity index (χ0v) is 15.1. The highest BCUT2D eigenvalue weighted by atomic mass is 16.4. The molecule has 9 heteroatoms. The number of aromatic nitrogens is 4. The van der Waals surface area contributed by atoms with Crippen molar-refractivity contribution in [3.8, 4) is 0 Å². The molecule has 27 heavy (non-hydrogen) atoms. The number of nitrogens with zero attached hydrogens (tertiary/aromatic N) is 3. The van der Waals surface area contributed by atoms with E-state index in [1.54, 1.807) is 11.6 Å². The number of imidazole rings is 1. The first kappa shape index (κ1) is 18.4. The van der Waals surface area contributed by atoms with Crippen LogP contribution in [-0.2, 0) is 25.3 Å². The smallest absolute Gasteiger partial charge is 0.329 e. The zero-order valence-electron chi connectivity index (χ0n) is 15.1. The van der Waals surface area contributed by atoms with Gasteiger partial charge in [-0.05, 0) is 18.4 Å². The Morgan fingerprint density at radius 1 is 1.22 bits per heavy atom. The highest BCUT2D eigenvalue weighted by Gasteiger charge is 2.18. The number of fused-ring (bicyclic) bond motifs is 1. The van der Waals surface area contributed by atoms with Crippen molar-refractivity contribution in [1.29, 1.82) is 0 Å². The van der Waals surface area contributed by atoms with E-state index in [2.05, 4.69) is 15.3 Å². The van der Waals surface area contributed by atoms with Crippen LogP contribution in [0.5, 0.6) is 0 Å². The summed E-state index contributed by atoms with van der Waals surface area (Å²) in [5, 5.41) is 12.3. The maximum atomic E-state index is 12.1. The van der Waals surface area contributed by atoms with Gasteiger partial charge < -0.3 is 15.0 Å². The number of hydrogen-bond donors (Lipinski definition) is 3. The highest BCUT2D eigenvalue weighted by Crippen LogP contribution is 2.17. The van der Waals surface area contributed by atoms with Gasteiger partial charge in [0.2, 0.25) is 5.95 Å². The van der Waals surface area contributed by atoms with E-state index in [4.69, 9.17) is 5.11 Å². The molecule has 0 aliphatic carbocycles. The number of carboxylic acids is 1. The molecule has 1 aromatic carbocycles. The van der Waals surface area contributed by atoms with Crippen LogP contribution < -0.4 is 16.6 Å². The number of aliphatic carboxylic acids is 1. The van der Waals surface area contributed by atoms with Gasteiger partial charge in [-0.3, -0.25) is 19.1 Å². The van der Waals surface area contributed by atoms with Gasteiger partial charge in [-0.2, -0.15) is 4.98 Å². The number of hydrogen-bond acceptors (Lipinski definition) is 5. The highest BCUT2D eigenvalue weighted by molar-refractivity contribution is 5.74. The predicted octanol–water partition coefficient (Wildman–Crippen LogP) is 0.848. The zero-order chi connectivity index (χ0) is 19.6. The monoisotopic (exact) mass is 371 g/mol. The van der Waals surface area contributed by atoms with Crippen molar-refractivity contribution < 1.29 is 9.90 Å². The summed E-state index contributed by atoms with van der Waals surface area (Å²) in [6.07, 6.45) is 1.00. The summed E-state index contributed by atoms with van der Waals surface area (Å²) in [4.78, 5) is 41.6. The van der Waals surface area contributed by atoms with E-state index >= 15 is 0 Å². The molecule has 0 fully saturated rings. The molecular weight excluding hydrogens is 350 g/mol. The van der Waals surface area contributed by atoms with Crippen molar-refractivity contribution in [1.82, 2.24) is 19.1 Å². The molecular formula is C18H21N5O4. The van der Waals surface area contributed by atoms with Gasteiger partial charge in [0.1, 0.15) is 0 Å². The fraction of sp³-hybridized carbons (Fsp3) is 0.333. The van der Waals surface area contributed by atoms with Gasteiger partial charge in [-0.15, -0.1) is 0 Å². The molecule has 0 saturated heterocycles. The average molecular weight is 371 g/mol. The molecule has 1 atom stereocenters. The molecule has 0 radical (unpaired) electrons. The van der Waals surface area contributed by atoms with Crippen LogP contribution in [0.15, 0.2) is 39.9 Å². The van der Waals surface area contributed by atoms with Crippen LogP contribution in [0, 0.1) is 0 Å². The lowest BCUT2D eigenvalue weighted by Crippen LogP contribution is -2.29. The van der Waals surface area contributed by atoms with E-state index in [1.807, 2.05) is 30.3 Å². The summed E-state index contributed by atoms with van der Waals surface area (Å²) in [6, 6.07) is 9.51. The minimum Gasteiger partial charge on any atom is -0.481 e. The molecule has 1 unspecified atom stereocenters.